The van der Waals surface area contributed by atoms with E-state index >= 15 is 0 Å². The number of rotatable bonds is 4. The predicted molar refractivity (Wildman–Crippen MR) is 66.5 cm³/mol. The molecule has 2 aromatic rings. The monoisotopic (exact) mass is 298 g/mol. The smallest absolute Gasteiger partial charge is 0.128 e. The van der Waals surface area contributed by atoms with Gasteiger partial charge in [0.2, 0.25) is 0 Å². The highest BCUT2D eigenvalue weighted by Gasteiger charge is 2.02. The van der Waals surface area contributed by atoms with Gasteiger partial charge in [-0.3, -0.25) is 4.68 Å². The average Bonchev–Trinajstić information content (AvgIpc) is 2.63. The minimum atomic E-state index is -0.310. The highest BCUT2D eigenvalue weighted by atomic mass is 79.9. The lowest BCUT2D eigenvalue weighted by atomic mass is 10.3. The summed E-state index contributed by atoms with van der Waals surface area (Å²) < 4.78 is 21.0. The van der Waals surface area contributed by atoms with Crippen molar-refractivity contribution in [1.29, 1.82) is 0 Å². The molecule has 90 valence electrons. The quantitative estimate of drug-likeness (QED) is 0.868. The van der Waals surface area contributed by atoms with Crippen molar-refractivity contribution in [2.75, 3.05) is 6.61 Å². The standard InChI is InChI=1S/C12H12BrFN2O/c1-16-11(2-4-15-16)3-5-17-12-7-9(13)6-10(14)8-12/h2,4,6-8H,3,5H2,1H3. The zero-order valence-electron chi connectivity index (χ0n) is 9.36. The van der Waals surface area contributed by atoms with E-state index in [1.54, 1.807) is 16.9 Å². The minimum absolute atomic E-state index is 0.310. The second-order valence-corrected chi connectivity index (χ2v) is 4.57. The first-order valence-corrected chi connectivity index (χ1v) is 6.00. The third-order valence-electron chi connectivity index (χ3n) is 2.39. The minimum Gasteiger partial charge on any atom is -0.493 e. The molecule has 1 heterocycles. The molecular formula is C12H12BrFN2O. The summed E-state index contributed by atoms with van der Waals surface area (Å²) in [6.07, 6.45) is 2.48. The van der Waals surface area contributed by atoms with Crippen LogP contribution in [0.3, 0.4) is 0 Å². The molecule has 0 spiro atoms. The molecule has 0 amide bonds. The Bertz CT molecular complexity index is 493. The number of hydrogen-bond acceptors (Lipinski definition) is 2. The van der Waals surface area contributed by atoms with E-state index in [1.165, 1.54) is 12.1 Å². The highest BCUT2D eigenvalue weighted by Crippen LogP contribution is 2.20. The number of aromatic nitrogens is 2. The largest absolute Gasteiger partial charge is 0.493 e. The van der Waals surface area contributed by atoms with Crippen molar-refractivity contribution in [3.63, 3.8) is 0 Å². The van der Waals surface area contributed by atoms with Gasteiger partial charge in [-0.2, -0.15) is 5.10 Å². The molecule has 0 N–H and O–H groups in total. The van der Waals surface area contributed by atoms with E-state index in [0.29, 0.717) is 16.8 Å². The lowest BCUT2D eigenvalue weighted by Crippen LogP contribution is -2.06. The maximum Gasteiger partial charge on any atom is 0.128 e. The Hall–Kier alpha value is -1.36. The normalized spacial score (nSPS) is 10.5. The molecule has 0 radical (unpaired) electrons. The maximum absolute atomic E-state index is 13.1. The van der Waals surface area contributed by atoms with Gasteiger partial charge in [0.15, 0.2) is 0 Å². The van der Waals surface area contributed by atoms with Crippen molar-refractivity contribution in [2.45, 2.75) is 6.42 Å². The number of nitrogens with zero attached hydrogens (tertiary/aromatic N) is 2. The van der Waals surface area contributed by atoms with Crippen LogP contribution in [0.2, 0.25) is 0 Å². The molecule has 0 fully saturated rings. The van der Waals surface area contributed by atoms with E-state index in [4.69, 9.17) is 4.74 Å². The van der Waals surface area contributed by atoms with E-state index in [2.05, 4.69) is 21.0 Å². The summed E-state index contributed by atoms with van der Waals surface area (Å²) in [5.41, 5.74) is 1.08. The molecule has 0 unspecified atom stereocenters. The molecule has 3 nitrogen and oxygen atoms in total. The van der Waals surface area contributed by atoms with Gasteiger partial charge >= 0.3 is 0 Å². The van der Waals surface area contributed by atoms with Crippen molar-refractivity contribution in [1.82, 2.24) is 9.78 Å². The van der Waals surface area contributed by atoms with Crippen LogP contribution in [0.1, 0.15) is 5.69 Å². The number of ether oxygens (including phenoxy) is 1. The molecule has 0 bridgehead atoms. The van der Waals surface area contributed by atoms with Crippen LogP contribution < -0.4 is 4.74 Å². The van der Waals surface area contributed by atoms with Gasteiger partial charge in [0.25, 0.3) is 0 Å². The Kier molecular flexibility index (Phi) is 3.78. The molecule has 0 saturated heterocycles. The molecule has 0 aliphatic carbocycles. The summed E-state index contributed by atoms with van der Waals surface area (Å²) >= 11 is 3.22. The average molecular weight is 299 g/mol. The summed E-state index contributed by atoms with van der Waals surface area (Å²) in [7, 11) is 1.88. The Morgan fingerprint density at radius 3 is 2.88 bits per heavy atom. The molecule has 0 aliphatic rings. The summed E-state index contributed by atoms with van der Waals surface area (Å²) in [5.74, 6) is 0.217. The molecule has 1 aromatic carbocycles. The fourth-order valence-electron chi connectivity index (χ4n) is 1.53. The Morgan fingerprint density at radius 2 is 2.24 bits per heavy atom. The first kappa shape index (κ1) is 12.1. The van der Waals surface area contributed by atoms with Gasteiger partial charge in [-0.1, -0.05) is 15.9 Å². The molecule has 2 rings (SSSR count). The number of aryl methyl sites for hydroxylation is 1. The van der Waals surface area contributed by atoms with Crippen molar-refractivity contribution in [3.8, 4) is 5.75 Å². The topological polar surface area (TPSA) is 27.1 Å². The summed E-state index contributed by atoms with van der Waals surface area (Å²) in [6, 6.07) is 6.44. The van der Waals surface area contributed by atoms with Crippen LogP contribution in [0.15, 0.2) is 34.9 Å². The molecule has 17 heavy (non-hydrogen) atoms. The lowest BCUT2D eigenvalue weighted by molar-refractivity contribution is 0.316. The van der Waals surface area contributed by atoms with Crippen LogP contribution in [-0.4, -0.2) is 16.4 Å². The molecule has 0 aliphatic heterocycles. The van der Waals surface area contributed by atoms with Crippen LogP contribution in [0.4, 0.5) is 4.39 Å². The van der Waals surface area contributed by atoms with Gasteiger partial charge in [0, 0.05) is 35.9 Å². The summed E-state index contributed by atoms with van der Waals surface area (Å²) in [5, 5.41) is 4.06. The number of halogens is 2. The maximum atomic E-state index is 13.1. The van der Waals surface area contributed by atoms with E-state index in [1.807, 2.05) is 13.1 Å². The van der Waals surface area contributed by atoms with E-state index < -0.39 is 0 Å². The molecule has 0 saturated carbocycles. The van der Waals surface area contributed by atoms with E-state index in [0.717, 1.165) is 12.1 Å². The second-order valence-electron chi connectivity index (χ2n) is 3.65. The number of benzene rings is 1. The van der Waals surface area contributed by atoms with Crippen LogP contribution >= 0.6 is 15.9 Å². The van der Waals surface area contributed by atoms with Crippen LogP contribution in [0.25, 0.3) is 0 Å². The Labute approximate surface area is 107 Å². The summed E-state index contributed by atoms with van der Waals surface area (Å²) in [6.45, 7) is 0.495. The zero-order chi connectivity index (χ0) is 12.3. The van der Waals surface area contributed by atoms with Gasteiger partial charge in [-0.15, -0.1) is 0 Å². The Morgan fingerprint density at radius 1 is 1.41 bits per heavy atom. The van der Waals surface area contributed by atoms with Crippen molar-refractivity contribution >= 4 is 15.9 Å². The highest BCUT2D eigenvalue weighted by molar-refractivity contribution is 9.10. The van der Waals surface area contributed by atoms with E-state index in [-0.39, 0.29) is 5.82 Å². The van der Waals surface area contributed by atoms with Crippen LogP contribution in [0, 0.1) is 5.82 Å². The molecule has 0 atom stereocenters. The third kappa shape index (κ3) is 3.30. The van der Waals surface area contributed by atoms with Crippen molar-refractivity contribution < 1.29 is 9.13 Å². The summed E-state index contributed by atoms with van der Waals surface area (Å²) in [4.78, 5) is 0. The third-order valence-corrected chi connectivity index (χ3v) is 2.84. The van der Waals surface area contributed by atoms with Crippen molar-refractivity contribution in [2.24, 2.45) is 7.05 Å². The first-order valence-electron chi connectivity index (χ1n) is 5.21. The molecule has 1 aromatic heterocycles. The Balaban J connectivity index is 1.92. The van der Waals surface area contributed by atoms with Gasteiger partial charge in [0.1, 0.15) is 11.6 Å². The van der Waals surface area contributed by atoms with Crippen LogP contribution in [0.5, 0.6) is 5.75 Å². The molecule has 5 heteroatoms. The SMILES string of the molecule is Cn1nccc1CCOc1cc(F)cc(Br)c1. The van der Waals surface area contributed by atoms with Gasteiger partial charge < -0.3 is 4.74 Å². The number of hydrogen-bond donors (Lipinski definition) is 0. The van der Waals surface area contributed by atoms with Gasteiger partial charge in [-0.05, 0) is 18.2 Å². The molecular weight excluding hydrogens is 287 g/mol. The zero-order valence-corrected chi connectivity index (χ0v) is 10.9. The lowest BCUT2D eigenvalue weighted by Gasteiger charge is -2.07. The van der Waals surface area contributed by atoms with E-state index in [9.17, 15) is 4.39 Å². The van der Waals surface area contributed by atoms with Crippen molar-refractivity contribution in [3.05, 3.63) is 46.4 Å². The van der Waals surface area contributed by atoms with Crippen LogP contribution in [-0.2, 0) is 13.5 Å². The fraction of sp³-hybridized carbons (Fsp3) is 0.250. The second kappa shape index (κ2) is 5.31. The van der Waals surface area contributed by atoms with Gasteiger partial charge in [0.05, 0.1) is 6.61 Å². The first-order chi connectivity index (χ1) is 8.15. The van der Waals surface area contributed by atoms with Gasteiger partial charge in [-0.25, -0.2) is 4.39 Å². The predicted octanol–water partition coefficient (Wildman–Crippen LogP) is 2.94. The fourth-order valence-corrected chi connectivity index (χ4v) is 1.98.